The molecule has 1 aliphatic rings. The van der Waals surface area contributed by atoms with Gasteiger partial charge < -0.3 is 9.64 Å². The Labute approximate surface area is 167 Å². The third-order valence-corrected chi connectivity index (χ3v) is 5.35. The maximum atomic E-state index is 12.9. The first-order valence-electron chi connectivity index (χ1n) is 9.71. The Morgan fingerprint density at radius 2 is 1.61 bits per heavy atom. The van der Waals surface area contributed by atoms with Crippen LogP contribution in [-0.4, -0.2) is 49.0 Å². The Morgan fingerprint density at radius 1 is 1.00 bits per heavy atom. The van der Waals surface area contributed by atoms with E-state index in [1.165, 1.54) is 5.56 Å². The molecular formula is C23H27N3O2. The van der Waals surface area contributed by atoms with E-state index in [-0.39, 0.29) is 11.9 Å². The van der Waals surface area contributed by atoms with Gasteiger partial charge in [-0.05, 0) is 29.2 Å². The summed E-state index contributed by atoms with van der Waals surface area (Å²) in [6.45, 7) is 6.86. The zero-order valence-corrected chi connectivity index (χ0v) is 16.8. The van der Waals surface area contributed by atoms with Gasteiger partial charge in [-0.15, -0.1) is 0 Å². The van der Waals surface area contributed by atoms with Gasteiger partial charge in [-0.25, -0.2) is 0 Å². The summed E-state index contributed by atoms with van der Waals surface area (Å²) in [5.74, 6) is 1.04. The summed E-state index contributed by atoms with van der Waals surface area (Å²) in [6, 6.07) is 17.8. The maximum absolute atomic E-state index is 12.9. The molecule has 3 rings (SSSR count). The molecule has 5 nitrogen and oxygen atoms in total. The minimum atomic E-state index is -0.287. The van der Waals surface area contributed by atoms with Crippen LogP contribution >= 0.6 is 0 Å². The molecule has 2 aromatic rings. The monoisotopic (exact) mass is 377 g/mol. The van der Waals surface area contributed by atoms with Crippen molar-refractivity contribution >= 4 is 5.91 Å². The molecule has 1 amide bonds. The third kappa shape index (κ3) is 4.18. The highest BCUT2D eigenvalue weighted by atomic mass is 16.5. The highest BCUT2D eigenvalue weighted by Gasteiger charge is 2.28. The highest BCUT2D eigenvalue weighted by Crippen LogP contribution is 2.25. The van der Waals surface area contributed by atoms with Gasteiger partial charge in [-0.2, -0.15) is 5.26 Å². The largest absolute Gasteiger partial charge is 0.496 e. The average molecular weight is 377 g/mol. The fraction of sp³-hybridized carbons (Fsp3) is 0.391. The van der Waals surface area contributed by atoms with E-state index < -0.39 is 0 Å². The lowest BCUT2D eigenvalue weighted by Crippen LogP contribution is -2.49. The number of methoxy groups -OCH3 is 1. The van der Waals surface area contributed by atoms with Crippen LogP contribution in [0.1, 0.15) is 47.3 Å². The summed E-state index contributed by atoms with van der Waals surface area (Å²) in [4.78, 5) is 16.8. The number of hydrogen-bond acceptors (Lipinski definition) is 4. The number of nitrogens with zero attached hydrogens (tertiary/aromatic N) is 3. The highest BCUT2D eigenvalue weighted by molar-refractivity contribution is 5.97. The quantitative estimate of drug-likeness (QED) is 0.794. The van der Waals surface area contributed by atoms with E-state index in [9.17, 15) is 10.1 Å². The molecule has 5 heteroatoms. The number of rotatable bonds is 5. The molecule has 0 spiro atoms. The molecule has 0 bridgehead atoms. The zero-order valence-electron chi connectivity index (χ0n) is 16.8. The molecule has 0 aliphatic carbocycles. The fourth-order valence-corrected chi connectivity index (χ4v) is 3.61. The van der Waals surface area contributed by atoms with Gasteiger partial charge >= 0.3 is 0 Å². The van der Waals surface area contributed by atoms with Crippen molar-refractivity contribution in [3.8, 4) is 11.8 Å². The van der Waals surface area contributed by atoms with E-state index >= 15 is 0 Å². The number of carbonyl (C=O) groups excluding carboxylic acids is 1. The van der Waals surface area contributed by atoms with Gasteiger partial charge in [-0.1, -0.05) is 50.2 Å². The molecular weight excluding hydrogens is 350 g/mol. The predicted molar refractivity (Wildman–Crippen MR) is 109 cm³/mol. The zero-order chi connectivity index (χ0) is 20.1. The molecule has 146 valence electrons. The van der Waals surface area contributed by atoms with Gasteiger partial charge in [0, 0.05) is 26.2 Å². The second kappa shape index (κ2) is 8.90. The number of hydrogen-bond donors (Lipinski definition) is 0. The minimum Gasteiger partial charge on any atom is -0.496 e. The van der Waals surface area contributed by atoms with Crippen LogP contribution in [0.4, 0.5) is 0 Å². The van der Waals surface area contributed by atoms with Crippen LogP contribution in [-0.2, 0) is 0 Å². The molecule has 2 aromatic carbocycles. The lowest BCUT2D eigenvalue weighted by Gasteiger charge is -2.37. The summed E-state index contributed by atoms with van der Waals surface area (Å²) in [7, 11) is 1.58. The summed E-state index contributed by atoms with van der Waals surface area (Å²) in [5.41, 5.74) is 2.86. The van der Waals surface area contributed by atoms with Gasteiger partial charge in [0.25, 0.3) is 5.91 Å². The number of piperazine rings is 1. The summed E-state index contributed by atoms with van der Waals surface area (Å²) >= 11 is 0. The first-order valence-corrected chi connectivity index (χ1v) is 9.71. The SMILES string of the molecule is COc1ccccc1C(=O)N1CCN(C(C#N)c2ccc(C(C)C)cc2)CC1. The van der Waals surface area contributed by atoms with Crippen molar-refractivity contribution in [2.24, 2.45) is 0 Å². The van der Waals surface area contributed by atoms with E-state index in [0.717, 1.165) is 5.56 Å². The Morgan fingerprint density at radius 3 is 2.18 bits per heavy atom. The van der Waals surface area contributed by atoms with E-state index in [2.05, 4.69) is 49.1 Å². The van der Waals surface area contributed by atoms with Crippen LogP contribution in [0.5, 0.6) is 5.75 Å². The predicted octanol–water partition coefficient (Wildman–Crippen LogP) is 3.84. The molecule has 1 fully saturated rings. The summed E-state index contributed by atoms with van der Waals surface area (Å²) in [6.07, 6.45) is 0. The molecule has 1 saturated heterocycles. The van der Waals surface area contributed by atoms with E-state index in [1.54, 1.807) is 19.2 Å². The van der Waals surface area contributed by atoms with Crippen molar-refractivity contribution in [2.75, 3.05) is 33.3 Å². The lowest BCUT2D eigenvalue weighted by molar-refractivity contribution is 0.0603. The topological polar surface area (TPSA) is 56.6 Å². The van der Waals surface area contributed by atoms with E-state index in [0.29, 0.717) is 43.4 Å². The maximum Gasteiger partial charge on any atom is 0.257 e. The van der Waals surface area contributed by atoms with E-state index in [4.69, 9.17) is 4.74 Å². The van der Waals surface area contributed by atoms with Crippen molar-refractivity contribution in [1.82, 2.24) is 9.80 Å². The van der Waals surface area contributed by atoms with Crippen molar-refractivity contribution in [1.29, 1.82) is 5.26 Å². The molecule has 1 unspecified atom stereocenters. The van der Waals surface area contributed by atoms with Crippen LogP contribution < -0.4 is 4.74 Å². The second-order valence-electron chi connectivity index (χ2n) is 7.38. The molecule has 0 N–H and O–H groups in total. The second-order valence-corrected chi connectivity index (χ2v) is 7.38. The number of nitriles is 1. The van der Waals surface area contributed by atoms with Crippen LogP contribution in [0, 0.1) is 11.3 Å². The Bertz CT molecular complexity index is 847. The number of ether oxygens (including phenoxy) is 1. The van der Waals surface area contributed by atoms with Gasteiger partial charge in [0.05, 0.1) is 18.7 Å². The van der Waals surface area contributed by atoms with Gasteiger partial charge in [0.2, 0.25) is 0 Å². The van der Waals surface area contributed by atoms with Gasteiger partial charge in [0.1, 0.15) is 11.8 Å². The standard InChI is InChI=1S/C23H27N3O2/c1-17(2)18-8-10-19(11-9-18)21(16-24)25-12-14-26(15-13-25)23(27)20-6-4-5-7-22(20)28-3/h4-11,17,21H,12-15H2,1-3H3. The van der Waals surface area contributed by atoms with E-state index in [1.807, 2.05) is 17.0 Å². The normalized spacial score (nSPS) is 15.9. The third-order valence-electron chi connectivity index (χ3n) is 5.35. The van der Waals surface area contributed by atoms with Crippen molar-refractivity contribution in [2.45, 2.75) is 25.8 Å². The first-order chi connectivity index (χ1) is 13.5. The molecule has 0 aromatic heterocycles. The van der Waals surface area contributed by atoms with Gasteiger partial charge in [-0.3, -0.25) is 9.69 Å². The van der Waals surface area contributed by atoms with Crippen molar-refractivity contribution in [3.63, 3.8) is 0 Å². The number of carbonyl (C=O) groups is 1. The van der Waals surface area contributed by atoms with Crippen LogP contribution in [0.3, 0.4) is 0 Å². The lowest BCUT2D eigenvalue weighted by atomic mass is 9.98. The minimum absolute atomic E-state index is 0.0214. The molecule has 1 aliphatic heterocycles. The Balaban J connectivity index is 1.66. The van der Waals surface area contributed by atoms with Crippen LogP contribution in [0.2, 0.25) is 0 Å². The number of benzene rings is 2. The Kier molecular flexibility index (Phi) is 6.33. The van der Waals surface area contributed by atoms with Crippen molar-refractivity contribution in [3.05, 3.63) is 65.2 Å². The molecule has 0 saturated carbocycles. The fourth-order valence-electron chi connectivity index (χ4n) is 3.61. The number of para-hydroxylation sites is 1. The number of amides is 1. The molecule has 1 atom stereocenters. The Hall–Kier alpha value is -2.84. The molecule has 1 heterocycles. The molecule has 0 radical (unpaired) electrons. The van der Waals surface area contributed by atoms with Crippen LogP contribution in [0.25, 0.3) is 0 Å². The van der Waals surface area contributed by atoms with Gasteiger partial charge in [0.15, 0.2) is 0 Å². The summed E-state index contributed by atoms with van der Waals surface area (Å²) < 4.78 is 5.32. The smallest absolute Gasteiger partial charge is 0.257 e. The molecule has 28 heavy (non-hydrogen) atoms. The van der Waals surface area contributed by atoms with Crippen molar-refractivity contribution < 1.29 is 9.53 Å². The first kappa shape index (κ1) is 19.9. The summed E-state index contributed by atoms with van der Waals surface area (Å²) in [5, 5.41) is 9.74. The average Bonchev–Trinajstić information content (AvgIpc) is 2.74. The van der Waals surface area contributed by atoms with Crippen LogP contribution in [0.15, 0.2) is 48.5 Å².